The number of ether oxygens (including phenoxy) is 1. The van der Waals surface area contributed by atoms with Gasteiger partial charge in [0.15, 0.2) is 0 Å². The first-order valence-electron chi connectivity index (χ1n) is 10.6. The van der Waals surface area contributed by atoms with E-state index >= 15 is 0 Å². The van der Waals surface area contributed by atoms with Crippen LogP contribution in [0.4, 0.5) is 5.69 Å². The van der Waals surface area contributed by atoms with Gasteiger partial charge in [0, 0.05) is 23.2 Å². The van der Waals surface area contributed by atoms with E-state index in [1.165, 1.54) is 0 Å². The van der Waals surface area contributed by atoms with Crippen LogP contribution in [0.15, 0.2) is 99.8 Å². The van der Waals surface area contributed by atoms with Crippen molar-refractivity contribution in [1.29, 1.82) is 0 Å². The standard InChI is InChI=1S/C27H22N2O2S/c1-2-31-27(30)24-21-17-28-22-15-9-10-16-23(22)32-26(21)29(18-19-11-5-3-6-12-19)25(24)20-13-7-4-8-14-20/h3-17H,2,18H2,1H3. The Kier molecular flexibility index (Phi) is 5.65. The fraction of sp³-hybridized carbons (Fsp3) is 0.111. The maximum atomic E-state index is 13.3. The summed E-state index contributed by atoms with van der Waals surface area (Å²) in [5, 5.41) is 0.990. The summed E-state index contributed by atoms with van der Waals surface area (Å²) in [4.78, 5) is 19.0. The molecule has 0 atom stereocenters. The van der Waals surface area contributed by atoms with Crippen molar-refractivity contribution >= 4 is 29.6 Å². The van der Waals surface area contributed by atoms with Crippen LogP contribution in [0.1, 0.15) is 28.4 Å². The number of hydrogen-bond acceptors (Lipinski definition) is 4. The molecule has 3 aromatic carbocycles. The molecule has 1 aromatic heterocycles. The topological polar surface area (TPSA) is 43.6 Å². The molecular formula is C27H22N2O2S. The van der Waals surface area contributed by atoms with Crippen molar-refractivity contribution in [2.45, 2.75) is 23.4 Å². The predicted molar refractivity (Wildman–Crippen MR) is 129 cm³/mol. The molecule has 1 aliphatic heterocycles. The van der Waals surface area contributed by atoms with Crippen molar-refractivity contribution in [3.63, 3.8) is 0 Å². The van der Waals surface area contributed by atoms with Gasteiger partial charge in [0.25, 0.3) is 0 Å². The molecule has 4 nitrogen and oxygen atoms in total. The molecule has 0 spiro atoms. The Balaban J connectivity index is 1.79. The average molecular weight is 439 g/mol. The lowest BCUT2D eigenvalue weighted by Gasteiger charge is -2.15. The van der Waals surface area contributed by atoms with Gasteiger partial charge >= 0.3 is 5.97 Å². The molecule has 0 saturated carbocycles. The van der Waals surface area contributed by atoms with Crippen molar-refractivity contribution in [2.75, 3.05) is 6.61 Å². The maximum absolute atomic E-state index is 13.3. The van der Waals surface area contributed by atoms with Gasteiger partial charge < -0.3 is 9.30 Å². The number of aliphatic imine (C=N–C) groups is 1. The summed E-state index contributed by atoms with van der Waals surface area (Å²) < 4.78 is 7.74. The van der Waals surface area contributed by atoms with Crippen LogP contribution in [0.25, 0.3) is 11.3 Å². The SMILES string of the molecule is CCOC(=O)c1c2c(n(Cc3ccccc3)c1-c1ccccc1)Sc1ccccc1N=C2. The Morgan fingerprint density at radius 2 is 1.62 bits per heavy atom. The monoisotopic (exact) mass is 438 g/mol. The summed E-state index contributed by atoms with van der Waals surface area (Å²) in [6.07, 6.45) is 1.81. The van der Waals surface area contributed by atoms with Gasteiger partial charge in [-0.25, -0.2) is 4.79 Å². The van der Waals surface area contributed by atoms with Crippen molar-refractivity contribution < 1.29 is 9.53 Å². The van der Waals surface area contributed by atoms with E-state index in [1.807, 2.05) is 79.9 Å². The number of hydrogen-bond donors (Lipinski definition) is 0. The lowest BCUT2D eigenvalue weighted by Crippen LogP contribution is -2.09. The van der Waals surface area contributed by atoms with E-state index in [9.17, 15) is 4.79 Å². The molecule has 0 radical (unpaired) electrons. The van der Waals surface area contributed by atoms with Gasteiger partial charge in [-0.1, -0.05) is 84.6 Å². The molecule has 4 aromatic rings. The van der Waals surface area contributed by atoms with E-state index in [-0.39, 0.29) is 5.97 Å². The second-order valence-electron chi connectivity index (χ2n) is 7.43. The lowest BCUT2D eigenvalue weighted by atomic mass is 10.0. The van der Waals surface area contributed by atoms with Gasteiger partial charge in [0.1, 0.15) is 0 Å². The molecule has 5 rings (SSSR count). The van der Waals surface area contributed by atoms with Gasteiger partial charge in [0.05, 0.1) is 28.6 Å². The Bertz CT molecular complexity index is 1290. The van der Waals surface area contributed by atoms with Gasteiger partial charge in [0.2, 0.25) is 0 Å². The molecule has 32 heavy (non-hydrogen) atoms. The Morgan fingerprint density at radius 3 is 2.38 bits per heavy atom. The minimum atomic E-state index is -0.326. The molecule has 0 saturated heterocycles. The Hall–Kier alpha value is -3.57. The van der Waals surface area contributed by atoms with Crippen LogP contribution in [-0.4, -0.2) is 23.4 Å². The number of aromatic nitrogens is 1. The minimum absolute atomic E-state index is 0.316. The van der Waals surface area contributed by atoms with E-state index in [1.54, 1.807) is 11.8 Å². The van der Waals surface area contributed by atoms with Crippen LogP contribution in [0.2, 0.25) is 0 Å². The quantitative estimate of drug-likeness (QED) is 0.291. The molecule has 5 heteroatoms. The highest BCUT2D eigenvalue weighted by Gasteiger charge is 2.30. The zero-order valence-corrected chi connectivity index (χ0v) is 18.5. The molecule has 0 fully saturated rings. The molecule has 158 valence electrons. The van der Waals surface area contributed by atoms with Crippen molar-refractivity contribution in [3.05, 3.63) is 102 Å². The van der Waals surface area contributed by atoms with Gasteiger partial charge in [-0.2, -0.15) is 0 Å². The summed E-state index contributed by atoms with van der Waals surface area (Å²) in [5.41, 5.74) is 5.26. The van der Waals surface area contributed by atoms with E-state index in [2.05, 4.69) is 22.8 Å². The molecular weight excluding hydrogens is 416 g/mol. The van der Waals surface area contributed by atoms with Crippen LogP contribution >= 0.6 is 11.8 Å². The number of fused-ring (bicyclic) bond motifs is 2. The zero-order chi connectivity index (χ0) is 21.9. The second-order valence-corrected chi connectivity index (χ2v) is 8.46. The second kappa shape index (κ2) is 8.89. The van der Waals surface area contributed by atoms with E-state index < -0.39 is 0 Å². The molecule has 0 amide bonds. The summed E-state index contributed by atoms with van der Waals surface area (Å²) in [7, 11) is 0. The largest absolute Gasteiger partial charge is 0.462 e. The first-order valence-corrected chi connectivity index (χ1v) is 11.4. The first kappa shape index (κ1) is 20.3. The maximum Gasteiger partial charge on any atom is 0.341 e. The van der Waals surface area contributed by atoms with Crippen LogP contribution in [0, 0.1) is 0 Å². The number of carbonyl (C=O) groups is 1. The number of carbonyl (C=O) groups excluding carboxylic acids is 1. The summed E-state index contributed by atoms with van der Waals surface area (Å²) in [6, 6.07) is 28.4. The van der Waals surface area contributed by atoms with Gasteiger partial charge in [-0.15, -0.1) is 0 Å². The van der Waals surface area contributed by atoms with Gasteiger partial charge in [-0.05, 0) is 30.2 Å². The third-order valence-electron chi connectivity index (χ3n) is 5.37. The Labute approximate surface area is 191 Å². The lowest BCUT2D eigenvalue weighted by molar-refractivity contribution is 0.0527. The summed E-state index contributed by atoms with van der Waals surface area (Å²) >= 11 is 1.64. The molecule has 0 bridgehead atoms. The fourth-order valence-corrected chi connectivity index (χ4v) is 5.07. The first-order chi connectivity index (χ1) is 15.8. The van der Waals surface area contributed by atoms with Gasteiger partial charge in [-0.3, -0.25) is 4.99 Å². The minimum Gasteiger partial charge on any atom is -0.462 e. The van der Waals surface area contributed by atoms with Crippen molar-refractivity contribution in [3.8, 4) is 11.3 Å². The molecule has 1 aliphatic rings. The van der Waals surface area contributed by atoms with E-state index in [4.69, 9.17) is 9.73 Å². The van der Waals surface area contributed by atoms with Crippen molar-refractivity contribution in [2.24, 2.45) is 4.99 Å². The third-order valence-corrected chi connectivity index (χ3v) is 6.57. The zero-order valence-electron chi connectivity index (χ0n) is 17.7. The molecule has 0 unspecified atom stereocenters. The number of para-hydroxylation sites is 1. The number of rotatable bonds is 5. The van der Waals surface area contributed by atoms with E-state index in [0.717, 1.165) is 38.0 Å². The van der Waals surface area contributed by atoms with Crippen LogP contribution in [-0.2, 0) is 11.3 Å². The van der Waals surface area contributed by atoms with Crippen LogP contribution < -0.4 is 0 Å². The highest BCUT2D eigenvalue weighted by Crippen LogP contribution is 2.44. The summed E-state index contributed by atoms with van der Waals surface area (Å²) in [5.74, 6) is -0.326. The number of benzene rings is 3. The van der Waals surface area contributed by atoms with E-state index in [0.29, 0.717) is 18.7 Å². The smallest absolute Gasteiger partial charge is 0.341 e. The number of nitrogens with zero attached hydrogens (tertiary/aromatic N) is 2. The molecule has 0 aliphatic carbocycles. The molecule has 2 heterocycles. The molecule has 0 N–H and O–H groups in total. The van der Waals surface area contributed by atoms with Crippen LogP contribution in [0.5, 0.6) is 0 Å². The normalized spacial score (nSPS) is 12.0. The van der Waals surface area contributed by atoms with Crippen molar-refractivity contribution in [1.82, 2.24) is 4.57 Å². The Morgan fingerprint density at radius 1 is 0.938 bits per heavy atom. The van der Waals surface area contributed by atoms with Crippen LogP contribution in [0.3, 0.4) is 0 Å². The highest BCUT2D eigenvalue weighted by atomic mass is 32.2. The average Bonchev–Trinajstić information content (AvgIpc) is 2.99. The number of esters is 1. The predicted octanol–water partition coefficient (Wildman–Crippen LogP) is 6.60. The highest BCUT2D eigenvalue weighted by molar-refractivity contribution is 7.99. The fourth-order valence-electron chi connectivity index (χ4n) is 3.96. The summed E-state index contributed by atoms with van der Waals surface area (Å²) in [6.45, 7) is 2.78. The third kappa shape index (κ3) is 3.76.